The second-order valence-corrected chi connectivity index (χ2v) is 5.25. The van der Waals surface area contributed by atoms with Crippen LogP contribution in [0.4, 0.5) is 5.69 Å². The lowest BCUT2D eigenvalue weighted by Crippen LogP contribution is -2.35. The van der Waals surface area contributed by atoms with E-state index in [0.29, 0.717) is 16.3 Å². The molecule has 1 aliphatic heterocycles. The van der Waals surface area contributed by atoms with Gasteiger partial charge in [-0.05, 0) is 11.6 Å². The number of hydrogen-bond donors (Lipinski definition) is 1. The highest BCUT2D eigenvalue weighted by Crippen LogP contribution is 2.44. The number of carbonyl (C=O) groups excluding carboxylic acids is 1. The molecule has 3 nitrogen and oxygen atoms in total. The Kier molecular flexibility index (Phi) is 3.53. The van der Waals surface area contributed by atoms with Gasteiger partial charge >= 0.3 is 0 Å². The smallest absolute Gasteiger partial charge is 0.226 e. The third-order valence-electron chi connectivity index (χ3n) is 3.56. The number of aliphatic hydroxyl groups excluding tert-OH is 1. The average molecular weight is 300 g/mol. The first-order valence-corrected chi connectivity index (χ1v) is 7.01. The third-order valence-corrected chi connectivity index (χ3v) is 3.98. The molecule has 2 aromatic carbocycles. The molecule has 0 bridgehead atoms. The zero-order valence-electron chi connectivity index (χ0n) is 11.5. The Hall–Kier alpha value is -2.10. The summed E-state index contributed by atoms with van der Waals surface area (Å²) in [4.78, 5) is 13.2. The number of benzene rings is 2. The van der Waals surface area contributed by atoms with Gasteiger partial charge in [0, 0.05) is 18.1 Å². The Morgan fingerprint density at radius 1 is 1.10 bits per heavy atom. The van der Waals surface area contributed by atoms with Crippen LogP contribution in [-0.4, -0.2) is 17.2 Å². The number of anilines is 1. The minimum absolute atomic E-state index is 0.220. The van der Waals surface area contributed by atoms with Gasteiger partial charge in [0.2, 0.25) is 5.91 Å². The maximum absolute atomic E-state index is 11.8. The molecule has 0 saturated heterocycles. The molecular formula is C17H14ClNO2. The Morgan fingerprint density at radius 3 is 2.38 bits per heavy atom. The largest absolute Gasteiger partial charge is 0.369 e. The van der Waals surface area contributed by atoms with Gasteiger partial charge in [0.25, 0.3) is 0 Å². The first-order valence-electron chi connectivity index (χ1n) is 6.63. The highest BCUT2D eigenvalue weighted by Gasteiger charge is 2.36. The molecule has 1 atom stereocenters. The summed E-state index contributed by atoms with van der Waals surface area (Å²) in [5.41, 5.74) is 2.85. The molecule has 1 unspecified atom stereocenters. The second-order valence-electron chi connectivity index (χ2n) is 4.87. The van der Waals surface area contributed by atoms with E-state index in [9.17, 15) is 9.90 Å². The van der Waals surface area contributed by atoms with Crippen molar-refractivity contribution in [2.75, 3.05) is 4.90 Å². The van der Waals surface area contributed by atoms with Gasteiger partial charge in [0.15, 0.2) is 6.23 Å². The van der Waals surface area contributed by atoms with Crippen molar-refractivity contribution in [1.29, 1.82) is 0 Å². The molecule has 0 fully saturated rings. The quantitative estimate of drug-likeness (QED) is 0.876. The molecular weight excluding hydrogens is 286 g/mol. The summed E-state index contributed by atoms with van der Waals surface area (Å²) in [6.07, 6.45) is -1.06. The average Bonchev–Trinajstić information content (AvgIpc) is 2.79. The number of halogens is 1. The van der Waals surface area contributed by atoms with Crippen molar-refractivity contribution in [1.82, 2.24) is 0 Å². The summed E-state index contributed by atoms with van der Waals surface area (Å²) in [6, 6.07) is 16.8. The molecule has 3 rings (SSSR count). The molecule has 1 heterocycles. The van der Waals surface area contributed by atoms with Crippen LogP contribution in [0.2, 0.25) is 0 Å². The highest BCUT2D eigenvalue weighted by atomic mass is 35.5. The second kappa shape index (κ2) is 5.35. The molecule has 1 amide bonds. The first-order chi connectivity index (χ1) is 10.1. The predicted octanol–water partition coefficient (Wildman–Crippen LogP) is 3.48. The maximum Gasteiger partial charge on any atom is 0.226 e. The number of fused-ring (bicyclic) bond motifs is 1. The van der Waals surface area contributed by atoms with Gasteiger partial charge in [-0.2, -0.15) is 0 Å². The van der Waals surface area contributed by atoms with Crippen LogP contribution in [0.1, 0.15) is 18.1 Å². The Balaban J connectivity index is 2.22. The highest BCUT2D eigenvalue weighted by molar-refractivity contribution is 6.53. The fourth-order valence-corrected chi connectivity index (χ4v) is 2.95. The fourth-order valence-electron chi connectivity index (χ4n) is 2.62. The van der Waals surface area contributed by atoms with Crippen molar-refractivity contribution in [3.05, 3.63) is 65.7 Å². The molecule has 1 N–H and O–H groups in total. The van der Waals surface area contributed by atoms with Gasteiger partial charge in [0.05, 0.1) is 10.7 Å². The minimum atomic E-state index is -1.06. The number of nitrogens with zero attached hydrogens (tertiary/aromatic N) is 1. The van der Waals surface area contributed by atoms with Crippen LogP contribution in [-0.2, 0) is 4.79 Å². The van der Waals surface area contributed by atoms with Crippen molar-refractivity contribution < 1.29 is 9.90 Å². The minimum Gasteiger partial charge on any atom is -0.369 e. The summed E-state index contributed by atoms with van der Waals surface area (Å²) < 4.78 is 0. The van der Waals surface area contributed by atoms with Crippen molar-refractivity contribution in [2.45, 2.75) is 13.2 Å². The van der Waals surface area contributed by atoms with E-state index in [1.165, 1.54) is 11.8 Å². The standard InChI is InChI=1S/C17H14ClNO2/c1-11(20)19-14-10-6-5-9-13(14)15(17(19)21)16(18)12-7-3-2-4-8-12/h2-10,17,21H,1H3/b16-15+. The van der Waals surface area contributed by atoms with Gasteiger partial charge in [-0.15, -0.1) is 0 Å². The van der Waals surface area contributed by atoms with E-state index < -0.39 is 6.23 Å². The molecule has 21 heavy (non-hydrogen) atoms. The van der Waals surface area contributed by atoms with Crippen molar-refractivity contribution >= 4 is 33.8 Å². The number of hydrogen-bond acceptors (Lipinski definition) is 2. The lowest BCUT2D eigenvalue weighted by molar-refractivity contribution is -0.117. The summed E-state index contributed by atoms with van der Waals surface area (Å²) in [5.74, 6) is -0.220. The lowest BCUT2D eigenvalue weighted by Gasteiger charge is -2.20. The normalized spacial score (nSPS) is 19.4. The van der Waals surface area contributed by atoms with Crippen LogP contribution in [0.25, 0.3) is 10.6 Å². The summed E-state index contributed by atoms with van der Waals surface area (Å²) in [7, 11) is 0. The SMILES string of the molecule is CC(=O)N1c2ccccc2/C(=C(\Cl)c2ccccc2)C1O. The number of para-hydroxylation sites is 1. The first kappa shape index (κ1) is 13.9. The number of rotatable bonds is 1. The number of aliphatic hydroxyl groups is 1. The molecule has 0 saturated carbocycles. The number of carbonyl (C=O) groups is 1. The van der Waals surface area contributed by atoms with Crippen LogP contribution in [0, 0.1) is 0 Å². The van der Waals surface area contributed by atoms with Crippen molar-refractivity contribution in [3.8, 4) is 0 Å². The molecule has 0 spiro atoms. The molecule has 4 heteroatoms. The molecule has 0 aromatic heterocycles. The molecule has 0 aliphatic carbocycles. The van der Waals surface area contributed by atoms with E-state index in [1.54, 1.807) is 0 Å². The van der Waals surface area contributed by atoms with Crippen LogP contribution in [0.5, 0.6) is 0 Å². The van der Waals surface area contributed by atoms with E-state index >= 15 is 0 Å². The summed E-state index contributed by atoms with van der Waals surface area (Å²) in [5, 5.41) is 11.0. The van der Waals surface area contributed by atoms with Gasteiger partial charge in [0.1, 0.15) is 0 Å². The van der Waals surface area contributed by atoms with Crippen molar-refractivity contribution in [2.24, 2.45) is 0 Å². The van der Waals surface area contributed by atoms with E-state index in [4.69, 9.17) is 11.6 Å². The zero-order chi connectivity index (χ0) is 15.0. The van der Waals surface area contributed by atoms with E-state index in [-0.39, 0.29) is 5.91 Å². The van der Waals surface area contributed by atoms with Gasteiger partial charge in [-0.3, -0.25) is 9.69 Å². The van der Waals surface area contributed by atoms with E-state index in [1.807, 2.05) is 54.6 Å². The third kappa shape index (κ3) is 2.24. The van der Waals surface area contributed by atoms with Gasteiger partial charge in [-0.1, -0.05) is 60.1 Å². The Bertz CT molecular complexity index is 725. The van der Waals surface area contributed by atoms with E-state index in [2.05, 4.69) is 0 Å². The molecule has 106 valence electrons. The summed E-state index contributed by atoms with van der Waals surface area (Å²) >= 11 is 6.49. The number of amides is 1. The molecule has 2 aromatic rings. The topological polar surface area (TPSA) is 40.5 Å². The summed E-state index contributed by atoms with van der Waals surface area (Å²) in [6.45, 7) is 1.43. The zero-order valence-corrected chi connectivity index (χ0v) is 12.2. The maximum atomic E-state index is 11.8. The van der Waals surface area contributed by atoms with Crippen LogP contribution >= 0.6 is 11.6 Å². The van der Waals surface area contributed by atoms with Crippen LogP contribution in [0.15, 0.2) is 54.6 Å². The van der Waals surface area contributed by atoms with E-state index in [0.717, 1.165) is 11.1 Å². The molecule has 0 radical (unpaired) electrons. The van der Waals surface area contributed by atoms with Crippen molar-refractivity contribution in [3.63, 3.8) is 0 Å². The Morgan fingerprint density at radius 2 is 1.71 bits per heavy atom. The molecule has 1 aliphatic rings. The Labute approximate surface area is 128 Å². The monoisotopic (exact) mass is 299 g/mol. The predicted molar refractivity (Wildman–Crippen MR) is 84.7 cm³/mol. The van der Waals surface area contributed by atoms with Crippen LogP contribution in [0.3, 0.4) is 0 Å². The van der Waals surface area contributed by atoms with Gasteiger partial charge in [-0.25, -0.2) is 0 Å². The lowest BCUT2D eigenvalue weighted by atomic mass is 10.0. The fraction of sp³-hybridized carbons (Fsp3) is 0.118. The van der Waals surface area contributed by atoms with Crippen LogP contribution < -0.4 is 4.90 Å². The van der Waals surface area contributed by atoms with Gasteiger partial charge < -0.3 is 5.11 Å².